The molecule has 1 aromatic carbocycles. The summed E-state index contributed by atoms with van der Waals surface area (Å²) in [6.07, 6.45) is 0. The van der Waals surface area contributed by atoms with Crippen molar-refractivity contribution < 1.29 is 14.3 Å². The standard InChI is InChI=1S/C16H22ClNO3/c1-10-6-7-13(21-5)12(8-10)18-15(20)11(9-17)14(19)16(2,3)4/h6-8,11H,9H2,1-5H3,(H,18,20). The topological polar surface area (TPSA) is 55.4 Å². The SMILES string of the molecule is COc1ccc(C)cc1NC(=O)C(CCl)C(=O)C(C)(C)C. The summed E-state index contributed by atoms with van der Waals surface area (Å²) in [5, 5.41) is 2.74. The van der Waals surface area contributed by atoms with Crippen molar-refractivity contribution in [1.29, 1.82) is 0 Å². The second-order valence-electron chi connectivity index (χ2n) is 6.01. The molecule has 21 heavy (non-hydrogen) atoms. The highest BCUT2D eigenvalue weighted by molar-refractivity contribution is 6.23. The van der Waals surface area contributed by atoms with E-state index in [-0.39, 0.29) is 11.7 Å². The first-order valence-electron chi connectivity index (χ1n) is 6.76. The Balaban J connectivity index is 2.99. The number of ether oxygens (including phenoxy) is 1. The van der Waals surface area contributed by atoms with Crippen molar-refractivity contribution in [2.75, 3.05) is 18.3 Å². The van der Waals surface area contributed by atoms with Crippen LogP contribution in [0.1, 0.15) is 26.3 Å². The van der Waals surface area contributed by atoms with Crippen LogP contribution in [0.2, 0.25) is 0 Å². The highest BCUT2D eigenvalue weighted by Gasteiger charge is 2.34. The van der Waals surface area contributed by atoms with E-state index in [1.807, 2.05) is 13.0 Å². The number of carbonyl (C=O) groups excluding carboxylic acids is 2. The molecule has 0 aliphatic rings. The van der Waals surface area contributed by atoms with Gasteiger partial charge in [0, 0.05) is 11.3 Å². The van der Waals surface area contributed by atoms with Crippen LogP contribution in [0.25, 0.3) is 0 Å². The fraction of sp³-hybridized carbons (Fsp3) is 0.500. The molecule has 0 saturated carbocycles. The molecule has 1 atom stereocenters. The van der Waals surface area contributed by atoms with Gasteiger partial charge in [0.2, 0.25) is 5.91 Å². The summed E-state index contributed by atoms with van der Waals surface area (Å²) in [7, 11) is 1.53. The Morgan fingerprint density at radius 2 is 1.95 bits per heavy atom. The molecule has 1 aromatic rings. The Morgan fingerprint density at radius 3 is 2.43 bits per heavy atom. The molecule has 116 valence electrons. The number of alkyl halides is 1. The minimum atomic E-state index is -0.878. The number of anilines is 1. The van der Waals surface area contributed by atoms with Gasteiger partial charge in [-0.15, -0.1) is 11.6 Å². The summed E-state index contributed by atoms with van der Waals surface area (Å²) in [4.78, 5) is 24.6. The number of Topliss-reactive ketones (excluding diaryl/α,β-unsaturated/α-hetero) is 1. The van der Waals surface area contributed by atoms with E-state index in [0.29, 0.717) is 11.4 Å². The van der Waals surface area contributed by atoms with Gasteiger partial charge in [-0.05, 0) is 24.6 Å². The summed E-state index contributed by atoms with van der Waals surface area (Å²) in [6, 6.07) is 5.45. The molecule has 1 amide bonds. The van der Waals surface area contributed by atoms with Crippen molar-refractivity contribution >= 4 is 29.0 Å². The lowest BCUT2D eigenvalue weighted by Gasteiger charge is -2.23. The van der Waals surface area contributed by atoms with Crippen molar-refractivity contribution in [3.8, 4) is 5.75 Å². The van der Waals surface area contributed by atoms with Gasteiger partial charge >= 0.3 is 0 Å². The molecule has 0 spiro atoms. The molecule has 0 aliphatic carbocycles. The van der Waals surface area contributed by atoms with Crippen LogP contribution in [-0.4, -0.2) is 24.7 Å². The van der Waals surface area contributed by atoms with E-state index in [1.54, 1.807) is 32.9 Å². The lowest BCUT2D eigenvalue weighted by molar-refractivity contribution is -0.135. The molecule has 0 aliphatic heterocycles. The molecular weight excluding hydrogens is 290 g/mol. The van der Waals surface area contributed by atoms with Gasteiger partial charge in [-0.1, -0.05) is 26.8 Å². The summed E-state index contributed by atoms with van der Waals surface area (Å²) < 4.78 is 5.21. The number of carbonyl (C=O) groups is 2. The quantitative estimate of drug-likeness (QED) is 0.669. The van der Waals surface area contributed by atoms with Crippen molar-refractivity contribution in [2.24, 2.45) is 11.3 Å². The fourth-order valence-corrected chi connectivity index (χ4v) is 2.20. The van der Waals surface area contributed by atoms with Crippen LogP contribution in [0, 0.1) is 18.3 Å². The van der Waals surface area contributed by atoms with Crippen LogP contribution >= 0.6 is 11.6 Å². The average Bonchev–Trinajstić information content (AvgIpc) is 2.38. The molecule has 1 rings (SSSR count). The second kappa shape index (κ2) is 6.94. The van der Waals surface area contributed by atoms with Crippen molar-refractivity contribution in [2.45, 2.75) is 27.7 Å². The maximum absolute atomic E-state index is 12.3. The monoisotopic (exact) mass is 311 g/mol. The van der Waals surface area contributed by atoms with E-state index in [2.05, 4.69) is 5.32 Å². The highest BCUT2D eigenvalue weighted by Crippen LogP contribution is 2.27. The first-order chi connectivity index (χ1) is 9.70. The number of aryl methyl sites for hydroxylation is 1. The predicted octanol–water partition coefficient (Wildman–Crippen LogP) is 3.41. The van der Waals surface area contributed by atoms with Gasteiger partial charge in [-0.2, -0.15) is 0 Å². The molecule has 0 aromatic heterocycles. The number of amides is 1. The van der Waals surface area contributed by atoms with Crippen LogP contribution in [0.5, 0.6) is 5.75 Å². The van der Waals surface area contributed by atoms with E-state index in [1.165, 1.54) is 7.11 Å². The van der Waals surface area contributed by atoms with E-state index in [0.717, 1.165) is 5.56 Å². The minimum absolute atomic E-state index is 0.0456. The van der Waals surface area contributed by atoms with Crippen molar-refractivity contribution in [3.63, 3.8) is 0 Å². The molecule has 0 heterocycles. The lowest BCUT2D eigenvalue weighted by Crippen LogP contribution is -2.37. The third-order valence-electron chi connectivity index (χ3n) is 3.14. The fourth-order valence-electron chi connectivity index (χ4n) is 1.92. The summed E-state index contributed by atoms with van der Waals surface area (Å²) in [5.74, 6) is -0.964. The molecule has 1 N–H and O–H groups in total. The zero-order valence-electron chi connectivity index (χ0n) is 13.1. The minimum Gasteiger partial charge on any atom is -0.495 e. The molecule has 0 fully saturated rings. The number of nitrogens with one attached hydrogen (secondary N) is 1. The summed E-state index contributed by atoms with van der Waals surface area (Å²) in [6.45, 7) is 7.23. The van der Waals surface area contributed by atoms with E-state index in [9.17, 15) is 9.59 Å². The maximum atomic E-state index is 12.3. The Morgan fingerprint density at radius 1 is 1.33 bits per heavy atom. The Labute approximate surface area is 130 Å². The van der Waals surface area contributed by atoms with E-state index in [4.69, 9.17) is 16.3 Å². The van der Waals surface area contributed by atoms with Gasteiger partial charge < -0.3 is 10.1 Å². The second-order valence-corrected chi connectivity index (χ2v) is 6.32. The lowest BCUT2D eigenvalue weighted by atomic mass is 9.83. The molecule has 0 radical (unpaired) electrons. The van der Waals surface area contributed by atoms with Gasteiger partial charge in [-0.3, -0.25) is 9.59 Å². The number of hydrogen-bond donors (Lipinski definition) is 1. The Bertz CT molecular complexity index is 535. The molecule has 4 nitrogen and oxygen atoms in total. The number of methoxy groups -OCH3 is 1. The number of ketones is 1. The predicted molar refractivity (Wildman–Crippen MR) is 85.0 cm³/mol. The molecule has 0 saturated heterocycles. The van der Waals surface area contributed by atoms with Gasteiger partial charge in [0.15, 0.2) is 5.78 Å². The van der Waals surface area contributed by atoms with Gasteiger partial charge in [0.25, 0.3) is 0 Å². The van der Waals surface area contributed by atoms with E-state index >= 15 is 0 Å². The Hall–Kier alpha value is -1.55. The molecule has 0 bridgehead atoms. The highest BCUT2D eigenvalue weighted by atomic mass is 35.5. The van der Waals surface area contributed by atoms with Gasteiger partial charge in [-0.25, -0.2) is 0 Å². The third-order valence-corrected chi connectivity index (χ3v) is 3.45. The normalized spacial score (nSPS) is 12.7. The molecule has 1 unspecified atom stereocenters. The summed E-state index contributed by atoms with van der Waals surface area (Å²) >= 11 is 5.82. The third kappa shape index (κ3) is 4.46. The molecular formula is C16H22ClNO3. The largest absolute Gasteiger partial charge is 0.495 e. The van der Waals surface area contributed by atoms with Gasteiger partial charge in [0.1, 0.15) is 11.7 Å². The average molecular weight is 312 g/mol. The van der Waals surface area contributed by atoms with Crippen LogP contribution in [0.4, 0.5) is 5.69 Å². The number of halogens is 1. The maximum Gasteiger partial charge on any atom is 0.236 e. The molecule has 5 heteroatoms. The number of hydrogen-bond acceptors (Lipinski definition) is 3. The van der Waals surface area contributed by atoms with Gasteiger partial charge in [0.05, 0.1) is 12.8 Å². The van der Waals surface area contributed by atoms with Crippen LogP contribution < -0.4 is 10.1 Å². The first kappa shape index (κ1) is 17.5. The number of benzene rings is 1. The summed E-state index contributed by atoms with van der Waals surface area (Å²) in [5.41, 5.74) is 0.906. The first-order valence-corrected chi connectivity index (χ1v) is 7.30. The smallest absolute Gasteiger partial charge is 0.236 e. The van der Waals surface area contributed by atoms with E-state index < -0.39 is 17.2 Å². The zero-order chi connectivity index (χ0) is 16.2. The van der Waals surface area contributed by atoms with Crippen molar-refractivity contribution in [1.82, 2.24) is 0 Å². The van der Waals surface area contributed by atoms with Crippen LogP contribution in [0.3, 0.4) is 0 Å². The van der Waals surface area contributed by atoms with Crippen LogP contribution in [-0.2, 0) is 9.59 Å². The van der Waals surface area contributed by atoms with Crippen LogP contribution in [0.15, 0.2) is 18.2 Å². The Kier molecular flexibility index (Phi) is 5.78. The zero-order valence-corrected chi connectivity index (χ0v) is 13.9. The number of rotatable bonds is 5. The van der Waals surface area contributed by atoms with Crippen molar-refractivity contribution in [3.05, 3.63) is 23.8 Å².